The molecule has 1 amide bonds. The van der Waals surface area contributed by atoms with Crippen molar-refractivity contribution in [1.82, 2.24) is 19.9 Å². The Balaban J connectivity index is 1.68. The summed E-state index contributed by atoms with van der Waals surface area (Å²) in [7, 11) is 0. The van der Waals surface area contributed by atoms with Crippen LogP contribution in [0, 0.1) is 5.92 Å². The van der Waals surface area contributed by atoms with Gasteiger partial charge in [0.2, 0.25) is 0 Å². The first kappa shape index (κ1) is 12.9. The average molecular weight is 274 g/mol. The van der Waals surface area contributed by atoms with E-state index in [9.17, 15) is 9.59 Å². The van der Waals surface area contributed by atoms with E-state index in [2.05, 4.69) is 15.5 Å². The van der Waals surface area contributed by atoms with Gasteiger partial charge in [0.15, 0.2) is 5.65 Å². The van der Waals surface area contributed by atoms with Crippen molar-refractivity contribution in [1.29, 1.82) is 0 Å². The molecule has 1 saturated carbocycles. The van der Waals surface area contributed by atoms with E-state index >= 15 is 0 Å². The van der Waals surface area contributed by atoms with Gasteiger partial charge in [-0.3, -0.25) is 4.79 Å². The van der Waals surface area contributed by atoms with Gasteiger partial charge in [-0.15, -0.1) is 0 Å². The third-order valence-electron chi connectivity index (χ3n) is 3.95. The van der Waals surface area contributed by atoms with Gasteiger partial charge in [0.25, 0.3) is 5.91 Å². The molecule has 1 aliphatic carbocycles. The molecular formula is C14H18N4O2. The van der Waals surface area contributed by atoms with Crippen LogP contribution in [0.1, 0.15) is 42.5 Å². The average Bonchev–Trinajstić information content (AvgIpc) is 2.87. The van der Waals surface area contributed by atoms with Crippen molar-refractivity contribution in [3.8, 4) is 0 Å². The molecular weight excluding hydrogens is 256 g/mol. The van der Waals surface area contributed by atoms with Crippen LogP contribution in [0.4, 0.5) is 0 Å². The summed E-state index contributed by atoms with van der Waals surface area (Å²) < 4.78 is 1.34. The standard InChI is InChI=1S/C14H18N4O2/c19-13(15-8-10-4-2-1-3-5-10)11-6-7-12-16-17-14(20)18(12)9-11/h6-7,9-10H,1-5,8H2,(H,15,19)(H,17,20). The third-order valence-corrected chi connectivity index (χ3v) is 3.95. The molecule has 0 unspecified atom stereocenters. The van der Waals surface area contributed by atoms with Gasteiger partial charge in [0.1, 0.15) is 0 Å². The topological polar surface area (TPSA) is 79.3 Å². The second-order valence-corrected chi connectivity index (χ2v) is 5.39. The summed E-state index contributed by atoms with van der Waals surface area (Å²) in [5, 5.41) is 9.14. The highest BCUT2D eigenvalue weighted by Crippen LogP contribution is 2.22. The second kappa shape index (κ2) is 5.48. The summed E-state index contributed by atoms with van der Waals surface area (Å²) in [4.78, 5) is 23.6. The van der Waals surface area contributed by atoms with Crippen LogP contribution in [-0.2, 0) is 0 Å². The van der Waals surface area contributed by atoms with Crippen molar-refractivity contribution in [2.45, 2.75) is 32.1 Å². The Bertz CT molecular complexity index is 667. The van der Waals surface area contributed by atoms with Gasteiger partial charge < -0.3 is 5.32 Å². The van der Waals surface area contributed by atoms with E-state index < -0.39 is 0 Å². The normalized spacial score (nSPS) is 16.4. The number of rotatable bonds is 3. The Morgan fingerprint density at radius 1 is 1.35 bits per heavy atom. The van der Waals surface area contributed by atoms with Gasteiger partial charge in [-0.25, -0.2) is 14.3 Å². The molecule has 2 aromatic rings. The number of aromatic amines is 1. The monoisotopic (exact) mass is 274 g/mol. The van der Waals surface area contributed by atoms with E-state index in [4.69, 9.17) is 0 Å². The number of amides is 1. The predicted molar refractivity (Wildman–Crippen MR) is 74.7 cm³/mol. The van der Waals surface area contributed by atoms with E-state index in [0.717, 1.165) is 6.54 Å². The highest BCUT2D eigenvalue weighted by atomic mass is 16.2. The van der Waals surface area contributed by atoms with Crippen LogP contribution in [0.3, 0.4) is 0 Å². The first-order valence-corrected chi connectivity index (χ1v) is 7.09. The number of hydrogen-bond acceptors (Lipinski definition) is 3. The predicted octanol–water partition coefficient (Wildman–Crippen LogP) is 1.33. The fourth-order valence-electron chi connectivity index (χ4n) is 2.77. The fourth-order valence-corrected chi connectivity index (χ4v) is 2.77. The zero-order chi connectivity index (χ0) is 13.9. The lowest BCUT2D eigenvalue weighted by molar-refractivity contribution is 0.0943. The maximum absolute atomic E-state index is 12.1. The summed E-state index contributed by atoms with van der Waals surface area (Å²) in [5.74, 6) is 0.457. The van der Waals surface area contributed by atoms with Crippen LogP contribution >= 0.6 is 0 Å². The fraction of sp³-hybridized carbons (Fsp3) is 0.500. The minimum Gasteiger partial charge on any atom is -0.352 e. The quantitative estimate of drug-likeness (QED) is 0.886. The van der Waals surface area contributed by atoms with Crippen molar-refractivity contribution < 1.29 is 4.79 Å². The molecule has 1 fully saturated rings. The lowest BCUT2D eigenvalue weighted by Crippen LogP contribution is -2.30. The number of H-pyrrole nitrogens is 1. The van der Waals surface area contributed by atoms with Crippen LogP contribution in [0.5, 0.6) is 0 Å². The van der Waals surface area contributed by atoms with Crippen molar-refractivity contribution in [2.24, 2.45) is 5.92 Å². The first-order chi connectivity index (χ1) is 9.74. The Morgan fingerprint density at radius 3 is 2.95 bits per heavy atom. The summed E-state index contributed by atoms with van der Waals surface area (Å²) in [6.07, 6.45) is 7.75. The van der Waals surface area contributed by atoms with Gasteiger partial charge in [-0.1, -0.05) is 19.3 Å². The van der Waals surface area contributed by atoms with Crippen LogP contribution in [0.15, 0.2) is 23.1 Å². The molecule has 0 atom stereocenters. The minimum absolute atomic E-state index is 0.134. The molecule has 3 rings (SSSR count). The maximum Gasteiger partial charge on any atom is 0.347 e. The molecule has 2 aromatic heterocycles. The molecule has 1 aliphatic rings. The van der Waals surface area contributed by atoms with E-state index in [1.807, 2.05) is 0 Å². The van der Waals surface area contributed by atoms with Crippen LogP contribution < -0.4 is 11.0 Å². The first-order valence-electron chi connectivity index (χ1n) is 7.09. The Hall–Kier alpha value is -2.11. The molecule has 2 N–H and O–H groups in total. The lowest BCUT2D eigenvalue weighted by atomic mass is 9.89. The van der Waals surface area contributed by atoms with Crippen LogP contribution in [0.2, 0.25) is 0 Å². The van der Waals surface area contributed by atoms with Gasteiger partial charge in [-0.2, -0.15) is 5.10 Å². The molecule has 106 valence electrons. The molecule has 0 aromatic carbocycles. The van der Waals surface area contributed by atoms with E-state index in [0.29, 0.717) is 17.1 Å². The third kappa shape index (κ3) is 2.59. The summed E-state index contributed by atoms with van der Waals surface area (Å²) >= 11 is 0. The van der Waals surface area contributed by atoms with E-state index in [1.165, 1.54) is 42.7 Å². The Kier molecular flexibility index (Phi) is 3.54. The highest BCUT2D eigenvalue weighted by Gasteiger charge is 2.15. The number of carbonyl (C=O) groups excluding carboxylic acids is 1. The van der Waals surface area contributed by atoms with Crippen molar-refractivity contribution in [3.05, 3.63) is 34.4 Å². The molecule has 2 heterocycles. The molecule has 0 saturated heterocycles. The molecule has 6 nitrogen and oxygen atoms in total. The second-order valence-electron chi connectivity index (χ2n) is 5.39. The lowest BCUT2D eigenvalue weighted by Gasteiger charge is -2.21. The molecule has 0 bridgehead atoms. The van der Waals surface area contributed by atoms with Crippen molar-refractivity contribution in [2.75, 3.05) is 6.54 Å². The maximum atomic E-state index is 12.1. The number of fused-ring (bicyclic) bond motifs is 1. The van der Waals surface area contributed by atoms with E-state index in [1.54, 1.807) is 12.1 Å². The molecule has 6 heteroatoms. The van der Waals surface area contributed by atoms with Gasteiger partial charge in [-0.05, 0) is 30.9 Å². The minimum atomic E-state index is -0.332. The SMILES string of the molecule is O=C(NCC1CCCCC1)c1ccc2n[nH]c(=O)n2c1. The summed E-state index contributed by atoms with van der Waals surface area (Å²) in [5.41, 5.74) is 0.664. The van der Waals surface area contributed by atoms with Crippen LogP contribution in [-0.4, -0.2) is 27.0 Å². The summed E-state index contributed by atoms with van der Waals surface area (Å²) in [6.45, 7) is 0.719. The molecule has 0 spiro atoms. The zero-order valence-electron chi connectivity index (χ0n) is 11.3. The van der Waals surface area contributed by atoms with Gasteiger partial charge in [0.05, 0.1) is 5.56 Å². The molecule has 0 aliphatic heterocycles. The van der Waals surface area contributed by atoms with Crippen molar-refractivity contribution in [3.63, 3.8) is 0 Å². The summed E-state index contributed by atoms with van der Waals surface area (Å²) in [6, 6.07) is 3.35. The number of pyridine rings is 1. The number of carbonyl (C=O) groups is 1. The highest BCUT2D eigenvalue weighted by molar-refractivity contribution is 5.94. The molecule has 0 radical (unpaired) electrons. The number of nitrogens with zero attached hydrogens (tertiary/aromatic N) is 2. The van der Waals surface area contributed by atoms with Gasteiger partial charge in [0, 0.05) is 12.7 Å². The Morgan fingerprint density at radius 2 is 2.15 bits per heavy atom. The Labute approximate surface area is 116 Å². The smallest absolute Gasteiger partial charge is 0.347 e. The largest absolute Gasteiger partial charge is 0.352 e. The number of nitrogens with one attached hydrogen (secondary N) is 2. The van der Waals surface area contributed by atoms with Crippen LogP contribution in [0.25, 0.3) is 5.65 Å². The van der Waals surface area contributed by atoms with E-state index in [-0.39, 0.29) is 11.6 Å². The number of aromatic nitrogens is 3. The number of hydrogen-bond donors (Lipinski definition) is 2. The zero-order valence-corrected chi connectivity index (χ0v) is 11.3. The van der Waals surface area contributed by atoms with Crippen molar-refractivity contribution >= 4 is 11.6 Å². The molecule has 20 heavy (non-hydrogen) atoms. The van der Waals surface area contributed by atoms with Gasteiger partial charge >= 0.3 is 5.69 Å².